The van der Waals surface area contributed by atoms with Gasteiger partial charge in [-0.3, -0.25) is 0 Å². The number of phenols is 1. The van der Waals surface area contributed by atoms with Crippen LogP contribution in [0.4, 0.5) is 0 Å². The molecule has 100 valence electrons. The molecule has 1 fully saturated rings. The van der Waals surface area contributed by atoms with Crippen LogP contribution in [0.25, 0.3) is 0 Å². The minimum atomic E-state index is -0.0616. The Bertz CT molecular complexity index is 369. The number of likely N-dealkylation sites (N-methyl/N-ethyl adjacent to an activating group) is 1. The topological polar surface area (TPSA) is 41.5 Å². The molecule has 1 aliphatic rings. The highest BCUT2D eigenvalue weighted by atomic mass is 16.5. The second-order valence-corrected chi connectivity index (χ2v) is 5.25. The van der Waals surface area contributed by atoms with Gasteiger partial charge in [0.15, 0.2) is 0 Å². The number of rotatable bonds is 5. The molecular weight excluding hydrogens is 226 g/mol. The first-order valence-electron chi connectivity index (χ1n) is 6.79. The predicted octanol–water partition coefficient (Wildman–Crippen LogP) is 2.48. The molecule has 3 heteroatoms. The Hall–Kier alpha value is -1.06. The summed E-state index contributed by atoms with van der Waals surface area (Å²) in [4.78, 5) is 0. The Labute approximate surface area is 109 Å². The van der Waals surface area contributed by atoms with Crippen LogP contribution in [-0.4, -0.2) is 29.9 Å². The molecule has 1 aliphatic heterocycles. The molecular formula is C15H23NO2. The third kappa shape index (κ3) is 3.03. The fraction of sp³-hybridized carbons (Fsp3) is 0.600. The average Bonchev–Trinajstić information content (AvgIpc) is 2.80. The number of aromatic hydroxyl groups is 1. The molecule has 3 nitrogen and oxygen atoms in total. The SMILES string of the molecule is CCNC(Cc1ccc(O)cc1)C1(C)CCCO1. The minimum absolute atomic E-state index is 0.0616. The van der Waals surface area contributed by atoms with E-state index in [0.717, 1.165) is 32.4 Å². The molecule has 1 aromatic carbocycles. The fourth-order valence-corrected chi connectivity index (χ4v) is 2.69. The zero-order valence-electron chi connectivity index (χ0n) is 11.3. The largest absolute Gasteiger partial charge is 0.508 e. The summed E-state index contributed by atoms with van der Waals surface area (Å²) in [6.07, 6.45) is 3.20. The smallest absolute Gasteiger partial charge is 0.115 e. The van der Waals surface area contributed by atoms with E-state index in [4.69, 9.17) is 4.74 Å². The maximum atomic E-state index is 9.32. The lowest BCUT2D eigenvalue weighted by Crippen LogP contribution is -2.49. The molecule has 0 amide bonds. The average molecular weight is 249 g/mol. The third-order valence-corrected chi connectivity index (χ3v) is 3.81. The van der Waals surface area contributed by atoms with E-state index in [9.17, 15) is 5.11 Å². The number of hydrogen-bond acceptors (Lipinski definition) is 3. The Morgan fingerprint density at radius 2 is 2.11 bits per heavy atom. The van der Waals surface area contributed by atoms with Crippen molar-refractivity contribution in [3.63, 3.8) is 0 Å². The summed E-state index contributed by atoms with van der Waals surface area (Å²) < 4.78 is 5.94. The lowest BCUT2D eigenvalue weighted by molar-refractivity contribution is -0.0110. The summed E-state index contributed by atoms with van der Waals surface area (Å²) in [5.41, 5.74) is 1.17. The molecule has 0 saturated carbocycles. The summed E-state index contributed by atoms with van der Waals surface area (Å²) in [7, 11) is 0. The summed E-state index contributed by atoms with van der Waals surface area (Å²) in [6, 6.07) is 7.79. The zero-order valence-corrected chi connectivity index (χ0v) is 11.3. The van der Waals surface area contributed by atoms with Crippen molar-refractivity contribution in [1.29, 1.82) is 0 Å². The maximum absolute atomic E-state index is 9.32. The zero-order chi connectivity index (χ0) is 13.0. The number of benzene rings is 1. The van der Waals surface area contributed by atoms with Gasteiger partial charge in [-0.2, -0.15) is 0 Å². The molecule has 0 spiro atoms. The van der Waals surface area contributed by atoms with Gasteiger partial charge < -0.3 is 15.2 Å². The first-order valence-corrected chi connectivity index (χ1v) is 6.79. The highest BCUT2D eigenvalue weighted by Crippen LogP contribution is 2.30. The second kappa shape index (κ2) is 5.72. The van der Waals surface area contributed by atoms with E-state index in [-0.39, 0.29) is 5.60 Å². The summed E-state index contributed by atoms with van der Waals surface area (Å²) >= 11 is 0. The number of nitrogens with one attached hydrogen (secondary N) is 1. The van der Waals surface area contributed by atoms with Crippen molar-refractivity contribution in [2.24, 2.45) is 0 Å². The lowest BCUT2D eigenvalue weighted by atomic mass is 9.88. The van der Waals surface area contributed by atoms with E-state index >= 15 is 0 Å². The van der Waals surface area contributed by atoms with Crippen molar-refractivity contribution in [2.75, 3.05) is 13.2 Å². The molecule has 2 N–H and O–H groups in total. The molecule has 1 aromatic rings. The Morgan fingerprint density at radius 1 is 1.39 bits per heavy atom. The van der Waals surface area contributed by atoms with Crippen LogP contribution in [-0.2, 0) is 11.2 Å². The van der Waals surface area contributed by atoms with Gasteiger partial charge in [-0.25, -0.2) is 0 Å². The van der Waals surface area contributed by atoms with Crippen molar-refractivity contribution < 1.29 is 9.84 Å². The predicted molar refractivity (Wildman–Crippen MR) is 72.9 cm³/mol. The second-order valence-electron chi connectivity index (χ2n) is 5.25. The Balaban J connectivity index is 2.08. The minimum Gasteiger partial charge on any atom is -0.508 e. The van der Waals surface area contributed by atoms with Gasteiger partial charge in [-0.05, 0) is 50.4 Å². The van der Waals surface area contributed by atoms with E-state index in [1.54, 1.807) is 12.1 Å². The fourth-order valence-electron chi connectivity index (χ4n) is 2.69. The van der Waals surface area contributed by atoms with Gasteiger partial charge in [0.2, 0.25) is 0 Å². The van der Waals surface area contributed by atoms with Gasteiger partial charge in [-0.1, -0.05) is 19.1 Å². The Morgan fingerprint density at radius 3 is 2.67 bits per heavy atom. The first-order chi connectivity index (χ1) is 8.64. The van der Waals surface area contributed by atoms with E-state index in [1.807, 2.05) is 12.1 Å². The molecule has 2 atom stereocenters. The van der Waals surface area contributed by atoms with Crippen LogP contribution >= 0.6 is 0 Å². The molecule has 2 rings (SSSR count). The van der Waals surface area contributed by atoms with E-state index in [0.29, 0.717) is 11.8 Å². The molecule has 1 saturated heterocycles. The van der Waals surface area contributed by atoms with Crippen molar-refractivity contribution in [2.45, 2.75) is 44.8 Å². The van der Waals surface area contributed by atoms with Crippen LogP contribution in [0.1, 0.15) is 32.3 Å². The van der Waals surface area contributed by atoms with Crippen LogP contribution in [0.3, 0.4) is 0 Å². The maximum Gasteiger partial charge on any atom is 0.115 e. The van der Waals surface area contributed by atoms with Gasteiger partial charge in [-0.15, -0.1) is 0 Å². The van der Waals surface area contributed by atoms with Gasteiger partial charge in [0.25, 0.3) is 0 Å². The highest BCUT2D eigenvalue weighted by Gasteiger charge is 2.37. The van der Waals surface area contributed by atoms with Crippen LogP contribution < -0.4 is 5.32 Å². The summed E-state index contributed by atoms with van der Waals surface area (Å²) in [5, 5.41) is 12.9. The molecule has 2 unspecified atom stereocenters. The standard InChI is InChI=1S/C15H23NO2/c1-3-16-14(15(2)9-4-10-18-15)11-12-5-7-13(17)8-6-12/h5-8,14,16-17H,3-4,9-11H2,1-2H3. The van der Waals surface area contributed by atoms with Crippen LogP contribution in [0.5, 0.6) is 5.75 Å². The Kier molecular flexibility index (Phi) is 4.25. The van der Waals surface area contributed by atoms with E-state index in [1.165, 1.54) is 5.56 Å². The van der Waals surface area contributed by atoms with E-state index in [2.05, 4.69) is 19.2 Å². The van der Waals surface area contributed by atoms with Crippen molar-refractivity contribution >= 4 is 0 Å². The number of hydrogen-bond donors (Lipinski definition) is 2. The number of phenolic OH excluding ortho intramolecular Hbond substituents is 1. The molecule has 0 aliphatic carbocycles. The van der Waals surface area contributed by atoms with Gasteiger partial charge in [0, 0.05) is 12.6 Å². The summed E-state index contributed by atoms with van der Waals surface area (Å²) in [6.45, 7) is 6.14. The highest BCUT2D eigenvalue weighted by molar-refractivity contribution is 5.26. The van der Waals surface area contributed by atoms with Crippen molar-refractivity contribution in [3.8, 4) is 5.75 Å². The van der Waals surface area contributed by atoms with Gasteiger partial charge in [0.1, 0.15) is 5.75 Å². The van der Waals surface area contributed by atoms with Gasteiger partial charge in [0.05, 0.1) is 5.60 Å². The normalized spacial score (nSPS) is 25.2. The van der Waals surface area contributed by atoms with Crippen LogP contribution in [0, 0.1) is 0 Å². The molecule has 0 aromatic heterocycles. The van der Waals surface area contributed by atoms with Gasteiger partial charge >= 0.3 is 0 Å². The van der Waals surface area contributed by atoms with Crippen LogP contribution in [0.2, 0.25) is 0 Å². The first kappa shape index (κ1) is 13.4. The molecule has 18 heavy (non-hydrogen) atoms. The third-order valence-electron chi connectivity index (χ3n) is 3.81. The molecule has 0 bridgehead atoms. The lowest BCUT2D eigenvalue weighted by Gasteiger charge is -2.34. The van der Waals surface area contributed by atoms with Crippen LogP contribution in [0.15, 0.2) is 24.3 Å². The van der Waals surface area contributed by atoms with Crippen molar-refractivity contribution in [3.05, 3.63) is 29.8 Å². The monoisotopic (exact) mass is 249 g/mol. The molecule has 1 heterocycles. The summed E-state index contributed by atoms with van der Waals surface area (Å²) in [5.74, 6) is 0.321. The van der Waals surface area contributed by atoms with Crippen molar-refractivity contribution in [1.82, 2.24) is 5.32 Å². The van der Waals surface area contributed by atoms with E-state index < -0.39 is 0 Å². The number of ether oxygens (including phenoxy) is 1. The molecule has 0 radical (unpaired) electrons. The quantitative estimate of drug-likeness (QED) is 0.842.